The lowest BCUT2D eigenvalue weighted by molar-refractivity contribution is 0.627. The van der Waals surface area contributed by atoms with Crippen molar-refractivity contribution in [2.75, 3.05) is 6.54 Å². The summed E-state index contributed by atoms with van der Waals surface area (Å²) in [6.45, 7) is 7.21. The van der Waals surface area contributed by atoms with E-state index in [9.17, 15) is 0 Å². The van der Waals surface area contributed by atoms with Gasteiger partial charge in [0.1, 0.15) is 0 Å². The maximum atomic E-state index is 6.38. The second-order valence-electron chi connectivity index (χ2n) is 5.02. The Morgan fingerprint density at radius 3 is 2.40 bits per heavy atom. The molecule has 1 atom stereocenters. The van der Waals surface area contributed by atoms with Gasteiger partial charge in [0.05, 0.1) is 6.04 Å². The highest BCUT2D eigenvalue weighted by molar-refractivity contribution is 6.35. The molecule has 2 aromatic rings. The normalized spacial score (nSPS) is 12.4. The maximum Gasteiger partial charge on any atom is 0.0594 e. The van der Waals surface area contributed by atoms with Crippen molar-refractivity contribution in [3.05, 3.63) is 68.7 Å². The molecular weight excluding hydrogens is 289 g/mol. The number of hydrogen-bond donors (Lipinski definition) is 1. The van der Waals surface area contributed by atoms with Crippen molar-refractivity contribution in [3.63, 3.8) is 0 Å². The predicted molar refractivity (Wildman–Crippen MR) is 87.9 cm³/mol. The second kappa shape index (κ2) is 6.62. The van der Waals surface area contributed by atoms with Crippen molar-refractivity contribution in [2.45, 2.75) is 26.8 Å². The van der Waals surface area contributed by atoms with Crippen molar-refractivity contribution in [1.29, 1.82) is 0 Å². The quantitative estimate of drug-likeness (QED) is 0.807. The van der Waals surface area contributed by atoms with E-state index in [2.05, 4.69) is 44.3 Å². The first kappa shape index (κ1) is 15.4. The van der Waals surface area contributed by atoms with E-state index in [4.69, 9.17) is 23.2 Å². The highest BCUT2D eigenvalue weighted by atomic mass is 35.5. The Morgan fingerprint density at radius 2 is 1.75 bits per heavy atom. The SMILES string of the molecule is CCNC(c1cc(C)ccc1C)c1ccc(Cl)cc1Cl. The van der Waals surface area contributed by atoms with E-state index in [1.165, 1.54) is 16.7 Å². The number of hydrogen-bond acceptors (Lipinski definition) is 1. The van der Waals surface area contributed by atoms with E-state index in [1.807, 2.05) is 12.1 Å². The first-order valence-electron chi connectivity index (χ1n) is 6.78. The first-order chi connectivity index (χ1) is 9.52. The van der Waals surface area contributed by atoms with Crippen molar-refractivity contribution in [3.8, 4) is 0 Å². The summed E-state index contributed by atoms with van der Waals surface area (Å²) >= 11 is 12.4. The highest BCUT2D eigenvalue weighted by Gasteiger charge is 2.18. The van der Waals surface area contributed by atoms with Crippen LogP contribution in [0.25, 0.3) is 0 Å². The minimum atomic E-state index is 0.0877. The fourth-order valence-electron chi connectivity index (χ4n) is 2.40. The molecule has 1 N–H and O–H groups in total. The maximum absolute atomic E-state index is 6.38. The summed E-state index contributed by atoms with van der Waals surface area (Å²) in [5, 5.41) is 4.88. The van der Waals surface area contributed by atoms with E-state index in [0.29, 0.717) is 10.0 Å². The molecule has 106 valence electrons. The zero-order valence-corrected chi connectivity index (χ0v) is 13.5. The molecule has 0 bridgehead atoms. The van der Waals surface area contributed by atoms with Gasteiger partial charge in [-0.1, -0.05) is 60.0 Å². The Kier molecular flexibility index (Phi) is 5.09. The van der Waals surface area contributed by atoms with Crippen LogP contribution in [0.2, 0.25) is 10.0 Å². The van der Waals surface area contributed by atoms with Gasteiger partial charge >= 0.3 is 0 Å². The molecule has 3 heteroatoms. The van der Waals surface area contributed by atoms with Gasteiger partial charge in [-0.3, -0.25) is 0 Å². The summed E-state index contributed by atoms with van der Waals surface area (Å²) in [7, 11) is 0. The van der Waals surface area contributed by atoms with Gasteiger partial charge in [0.15, 0.2) is 0 Å². The number of nitrogens with one attached hydrogen (secondary N) is 1. The Morgan fingerprint density at radius 1 is 1.00 bits per heavy atom. The van der Waals surface area contributed by atoms with Crippen molar-refractivity contribution < 1.29 is 0 Å². The predicted octanol–water partition coefficient (Wildman–Crippen LogP) is 5.31. The van der Waals surface area contributed by atoms with E-state index < -0.39 is 0 Å². The molecule has 0 aliphatic rings. The van der Waals surface area contributed by atoms with Crippen LogP contribution in [0.3, 0.4) is 0 Å². The van der Waals surface area contributed by atoms with Gasteiger partial charge in [0, 0.05) is 10.0 Å². The Bertz CT molecular complexity index is 608. The molecule has 0 spiro atoms. The van der Waals surface area contributed by atoms with Gasteiger partial charge in [0.25, 0.3) is 0 Å². The molecule has 0 aromatic heterocycles. The first-order valence-corrected chi connectivity index (χ1v) is 7.54. The van der Waals surface area contributed by atoms with Gasteiger partial charge in [0.2, 0.25) is 0 Å². The molecule has 0 aliphatic carbocycles. The van der Waals surface area contributed by atoms with Gasteiger partial charge in [-0.15, -0.1) is 0 Å². The molecule has 0 saturated heterocycles. The minimum absolute atomic E-state index is 0.0877. The third kappa shape index (κ3) is 3.35. The van der Waals surface area contributed by atoms with Crippen LogP contribution >= 0.6 is 23.2 Å². The molecule has 1 unspecified atom stereocenters. The summed E-state index contributed by atoms with van der Waals surface area (Å²) in [5.41, 5.74) is 4.83. The van der Waals surface area contributed by atoms with Crippen LogP contribution in [-0.4, -0.2) is 6.54 Å². The Labute approximate surface area is 130 Å². The van der Waals surface area contributed by atoms with Crippen LogP contribution in [0.1, 0.15) is 35.2 Å². The zero-order valence-electron chi connectivity index (χ0n) is 12.0. The summed E-state index contributed by atoms with van der Waals surface area (Å²) in [6, 6.07) is 12.3. The molecule has 2 rings (SSSR count). The van der Waals surface area contributed by atoms with Gasteiger partial charge < -0.3 is 5.32 Å². The fraction of sp³-hybridized carbons (Fsp3) is 0.294. The molecule has 0 fully saturated rings. The zero-order chi connectivity index (χ0) is 14.7. The molecule has 0 aliphatic heterocycles. The molecule has 0 radical (unpaired) electrons. The van der Waals surface area contributed by atoms with Crippen molar-refractivity contribution in [2.24, 2.45) is 0 Å². The van der Waals surface area contributed by atoms with Crippen molar-refractivity contribution in [1.82, 2.24) is 5.32 Å². The number of benzene rings is 2. The summed E-state index contributed by atoms with van der Waals surface area (Å²) in [4.78, 5) is 0. The largest absolute Gasteiger partial charge is 0.306 e. The third-order valence-electron chi connectivity index (χ3n) is 3.43. The number of halogens is 2. The van der Waals surface area contributed by atoms with E-state index in [-0.39, 0.29) is 6.04 Å². The average molecular weight is 308 g/mol. The van der Waals surface area contributed by atoms with Gasteiger partial charge in [-0.25, -0.2) is 0 Å². The van der Waals surface area contributed by atoms with E-state index >= 15 is 0 Å². The Hall–Kier alpha value is -1.02. The molecule has 1 nitrogen and oxygen atoms in total. The molecule has 0 saturated carbocycles. The minimum Gasteiger partial charge on any atom is -0.306 e. The second-order valence-corrected chi connectivity index (χ2v) is 5.86. The molecule has 20 heavy (non-hydrogen) atoms. The summed E-state index contributed by atoms with van der Waals surface area (Å²) < 4.78 is 0. The standard InChI is InChI=1S/C17H19Cl2N/c1-4-20-17(14-8-7-13(18)10-16(14)19)15-9-11(2)5-6-12(15)3/h5-10,17,20H,4H2,1-3H3. The van der Waals surface area contributed by atoms with Gasteiger partial charge in [-0.05, 0) is 49.2 Å². The lowest BCUT2D eigenvalue weighted by Crippen LogP contribution is -2.23. The van der Waals surface area contributed by atoms with Crippen LogP contribution in [0.5, 0.6) is 0 Å². The van der Waals surface area contributed by atoms with Crippen LogP contribution in [0, 0.1) is 13.8 Å². The lowest BCUT2D eigenvalue weighted by atomic mass is 9.93. The monoisotopic (exact) mass is 307 g/mol. The van der Waals surface area contributed by atoms with E-state index in [0.717, 1.165) is 12.1 Å². The van der Waals surface area contributed by atoms with Gasteiger partial charge in [-0.2, -0.15) is 0 Å². The smallest absolute Gasteiger partial charge is 0.0594 e. The molecule has 0 heterocycles. The average Bonchev–Trinajstić information content (AvgIpc) is 2.40. The number of aryl methyl sites for hydroxylation is 2. The summed E-state index contributed by atoms with van der Waals surface area (Å²) in [6.07, 6.45) is 0. The number of rotatable bonds is 4. The molecule has 0 amide bonds. The fourth-order valence-corrected chi connectivity index (χ4v) is 2.92. The van der Waals surface area contributed by atoms with Crippen LogP contribution in [0.15, 0.2) is 36.4 Å². The van der Waals surface area contributed by atoms with E-state index in [1.54, 1.807) is 6.07 Å². The molecular formula is C17H19Cl2N. The highest BCUT2D eigenvalue weighted by Crippen LogP contribution is 2.32. The third-order valence-corrected chi connectivity index (χ3v) is 3.99. The van der Waals surface area contributed by atoms with Crippen LogP contribution in [0.4, 0.5) is 0 Å². The Balaban J connectivity index is 2.53. The lowest BCUT2D eigenvalue weighted by Gasteiger charge is -2.22. The van der Waals surface area contributed by atoms with Crippen LogP contribution in [-0.2, 0) is 0 Å². The molecule has 2 aromatic carbocycles. The topological polar surface area (TPSA) is 12.0 Å². The summed E-state index contributed by atoms with van der Waals surface area (Å²) in [5.74, 6) is 0. The van der Waals surface area contributed by atoms with Crippen LogP contribution < -0.4 is 5.32 Å². The van der Waals surface area contributed by atoms with Crippen molar-refractivity contribution >= 4 is 23.2 Å².